The molecule has 0 aliphatic carbocycles. The van der Waals surface area contributed by atoms with Gasteiger partial charge in [-0.3, -0.25) is 14.9 Å². The predicted octanol–water partition coefficient (Wildman–Crippen LogP) is 2.49. The highest BCUT2D eigenvalue weighted by Gasteiger charge is 2.22. The van der Waals surface area contributed by atoms with E-state index in [0.29, 0.717) is 29.5 Å². The van der Waals surface area contributed by atoms with Crippen LogP contribution in [-0.4, -0.2) is 67.3 Å². The third-order valence-corrected chi connectivity index (χ3v) is 5.65. The number of hydrogen-bond acceptors (Lipinski definition) is 8. The Morgan fingerprint density at radius 2 is 1.52 bits per heavy atom. The Bertz CT molecular complexity index is 891. The maximum atomic E-state index is 10.7. The normalized spacial score (nSPS) is 16.7. The van der Waals surface area contributed by atoms with E-state index in [-0.39, 0.29) is 5.92 Å². The van der Waals surface area contributed by atoms with E-state index in [0.717, 1.165) is 44.8 Å². The SMILES string of the molecule is CCC(CCC(O)N1CCNCC1)c1nc(-c2ccccn2)nc(-c2ccccn2)n1. The Kier molecular flexibility index (Phi) is 7.24. The molecule has 3 aromatic heterocycles. The van der Waals surface area contributed by atoms with Crippen LogP contribution in [0.4, 0.5) is 0 Å². The summed E-state index contributed by atoms with van der Waals surface area (Å²) in [7, 11) is 0. The zero-order chi connectivity index (χ0) is 21.5. The number of rotatable bonds is 8. The fraction of sp³-hybridized carbons (Fsp3) is 0.435. The van der Waals surface area contributed by atoms with Crippen LogP contribution in [0.1, 0.15) is 37.9 Å². The zero-order valence-electron chi connectivity index (χ0n) is 17.9. The smallest absolute Gasteiger partial charge is 0.182 e. The van der Waals surface area contributed by atoms with Crippen LogP contribution in [0.25, 0.3) is 23.0 Å². The van der Waals surface area contributed by atoms with E-state index >= 15 is 0 Å². The lowest BCUT2D eigenvalue weighted by Crippen LogP contribution is -2.48. The highest BCUT2D eigenvalue weighted by Crippen LogP contribution is 2.27. The Morgan fingerprint density at radius 1 is 0.903 bits per heavy atom. The molecule has 162 valence electrons. The molecule has 2 atom stereocenters. The van der Waals surface area contributed by atoms with Gasteiger partial charge in [0.2, 0.25) is 0 Å². The molecule has 8 heteroatoms. The second-order valence-electron chi connectivity index (χ2n) is 7.72. The van der Waals surface area contributed by atoms with Gasteiger partial charge in [-0.25, -0.2) is 15.0 Å². The second kappa shape index (κ2) is 10.5. The van der Waals surface area contributed by atoms with Gasteiger partial charge < -0.3 is 10.4 Å². The van der Waals surface area contributed by atoms with Crippen LogP contribution in [0.3, 0.4) is 0 Å². The molecule has 0 bridgehead atoms. The van der Waals surface area contributed by atoms with Gasteiger partial charge in [0.05, 0.1) is 0 Å². The Labute approximate surface area is 182 Å². The van der Waals surface area contributed by atoms with Crippen LogP contribution in [0, 0.1) is 0 Å². The average Bonchev–Trinajstić information content (AvgIpc) is 2.86. The molecule has 2 N–H and O–H groups in total. The van der Waals surface area contributed by atoms with E-state index in [1.807, 2.05) is 36.4 Å². The molecule has 4 heterocycles. The van der Waals surface area contributed by atoms with Gasteiger partial charge in [0.25, 0.3) is 0 Å². The lowest BCUT2D eigenvalue weighted by atomic mass is 9.98. The van der Waals surface area contributed by atoms with Crippen molar-refractivity contribution in [1.29, 1.82) is 0 Å². The summed E-state index contributed by atoms with van der Waals surface area (Å²) >= 11 is 0. The highest BCUT2D eigenvalue weighted by atomic mass is 16.3. The van der Waals surface area contributed by atoms with E-state index in [9.17, 15) is 5.11 Å². The molecule has 0 amide bonds. The number of nitrogens with zero attached hydrogens (tertiary/aromatic N) is 6. The van der Waals surface area contributed by atoms with Crippen molar-refractivity contribution in [2.45, 2.75) is 38.3 Å². The molecule has 31 heavy (non-hydrogen) atoms. The molecular formula is C23H29N7O. The number of aliphatic hydroxyl groups is 1. The van der Waals surface area contributed by atoms with Crippen molar-refractivity contribution in [2.24, 2.45) is 0 Å². The van der Waals surface area contributed by atoms with Crippen molar-refractivity contribution in [3.63, 3.8) is 0 Å². The molecule has 0 spiro atoms. The minimum Gasteiger partial charge on any atom is -0.378 e. The molecule has 8 nitrogen and oxygen atoms in total. The van der Waals surface area contributed by atoms with Crippen molar-refractivity contribution in [3.8, 4) is 23.0 Å². The summed E-state index contributed by atoms with van der Waals surface area (Å²) < 4.78 is 0. The van der Waals surface area contributed by atoms with Crippen LogP contribution in [0.15, 0.2) is 48.8 Å². The summed E-state index contributed by atoms with van der Waals surface area (Å²) in [5, 5.41) is 14.0. The summed E-state index contributed by atoms with van der Waals surface area (Å²) in [6.07, 6.45) is 5.39. The van der Waals surface area contributed by atoms with Crippen molar-refractivity contribution in [3.05, 3.63) is 54.6 Å². The number of piperazine rings is 1. The van der Waals surface area contributed by atoms with Gasteiger partial charge in [0, 0.05) is 44.5 Å². The van der Waals surface area contributed by atoms with E-state index in [2.05, 4.69) is 32.1 Å². The average molecular weight is 420 g/mol. The molecule has 1 aliphatic heterocycles. The Morgan fingerprint density at radius 3 is 2.03 bits per heavy atom. The highest BCUT2D eigenvalue weighted by molar-refractivity contribution is 5.55. The molecule has 0 radical (unpaired) electrons. The Balaban J connectivity index is 1.60. The predicted molar refractivity (Wildman–Crippen MR) is 119 cm³/mol. The Hall–Kier alpha value is -2.81. The summed E-state index contributed by atoms with van der Waals surface area (Å²) in [5.41, 5.74) is 1.41. The quantitative estimate of drug-likeness (QED) is 0.574. The van der Waals surface area contributed by atoms with Gasteiger partial charge in [0.1, 0.15) is 23.4 Å². The lowest BCUT2D eigenvalue weighted by molar-refractivity contribution is -0.0117. The fourth-order valence-corrected chi connectivity index (χ4v) is 3.82. The van der Waals surface area contributed by atoms with E-state index in [1.54, 1.807) is 12.4 Å². The molecule has 4 rings (SSSR count). The topological polar surface area (TPSA) is 100.0 Å². The summed E-state index contributed by atoms with van der Waals surface area (Å²) in [6, 6.07) is 11.4. The summed E-state index contributed by atoms with van der Waals surface area (Å²) in [5.74, 6) is 1.94. The van der Waals surface area contributed by atoms with Crippen LogP contribution < -0.4 is 5.32 Å². The first kappa shape index (κ1) is 21.4. The first-order chi connectivity index (χ1) is 15.2. The van der Waals surface area contributed by atoms with Gasteiger partial charge in [-0.2, -0.15) is 0 Å². The third kappa shape index (κ3) is 5.46. The van der Waals surface area contributed by atoms with Gasteiger partial charge >= 0.3 is 0 Å². The van der Waals surface area contributed by atoms with E-state index < -0.39 is 6.23 Å². The van der Waals surface area contributed by atoms with E-state index in [4.69, 9.17) is 9.97 Å². The molecule has 1 saturated heterocycles. The van der Waals surface area contributed by atoms with Gasteiger partial charge in [-0.15, -0.1) is 0 Å². The first-order valence-corrected chi connectivity index (χ1v) is 11.0. The summed E-state index contributed by atoms with van der Waals surface area (Å²) in [4.78, 5) is 25.2. The number of hydrogen-bond donors (Lipinski definition) is 2. The fourth-order valence-electron chi connectivity index (χ4n) is 3.82. The maximum Gasteiger partial charge on any atom is 0.182 e. The van der Waals surface area contributed by atoms with Gasteiger partial charge in [-0.1, -0.05) is 19.1 Å². The minimum absolute atomic E-state index is 0.116. The molecule has 0 saturated carbocycles. The molecule has 1 aliphatic rings. The van der Waals surface area contributed by atoms with Crippen molar-refractivity contribution < 1.29 is 5.11 Å². The molecule has 1 fully saturated rings. The molecule has 3 aromatic rings. The van der Waals surface area contributed by atoms with Crippen molar-refractivity contribution >= 4 is 0 Å². The van der Waals surface area contributed by atoms with Crippen LogP contribution in [-0.2, 0) is 0 Å². The second-order valence-corrected chi connectivity index (χ2v) is 7.72. The standard InChI is InChI=1S/C23H29N7O/c1-2-17(9-10-20(31)30-15-13-24-14-16-30)21-27-22(18-7-3-5-11-25-18)29-23(28-21)19-8-4-6-12-26-19/h3-8,11-12,17,20,24,31H,2,9-10,13-16H2,1H3. The lowest BCUT2D eigenvalue weighted by Gasteiger charge is -2.32. The van der Waals surface area contributed by atoms with E-state index in [1.165, 1.54) is 0 Å². The van der Waals surface area contributed by atoms with Gasteiger partial charge in [0.15, 0.2) is 11.6 Å². The summed E-state index contributed by atoms with van der Waals surface area (Å²) in [6.45, 7) is 5.71. The third-order valence-electron chi connectivity index (χ3n) is 5.65. The minimum atomic E-state index is -0.441. The van der Waals surface area contributed by atoms with Crippen molar-refractivity contribution in [1.82, 2.24) is 35.1 Å². The van der Waals surface area contributed by atoms with Crippen molar-refractivity contribution in [2.75, 3.05) is 26.2 Å². The molecular weight excluding hydrogens is 390 g/mol. The number of aliphatic hydroxyl groups excluding tert-OH is 1. The number of pyridine rings is 2. The maximum absolute atomic E-state index is 10.7. The molecule has 2 unspecified atom stereocenters. The molecule has 0 aromatic carbocycles. The zero-order valence-corrected chi connectivity index (χ0v) is 17.9. The monoisotopic (exact) mass is 419 g/mol. The first-order valence-electron chi connectivity index (χ1n) is 11.0. The van der Waals surface area contributed by atoms with Crippen LogP contribution in [0.2, 0.25) is 0 Å². The van der Waals surface area contributed by atoms with Crippen LogP contribution in [0.5, 0.6) is 0 Å². The van der Waals surface area contributed by atoms with Gasteiger partial charge in [-0.05, 0) is 43.5 Å². The largest absolute Gasteiger partial charge is 0.378 e. The number of aromatic nitrogens is 5. The number of nitrogens with one attached hydrogen (secondary N) is 1. The van der Waals surface area contributed by atoms with Crippen LogP contribution >= 0.6 is 0 Å².